The number of carbonyl (C=O) groups is 1. The lowest BCUT2D eigenvalue weighted by atomic mass is 9.92. The number of nitrogens with zero attached hydrogens (tertiary/aromatic N) is 2. The van der Waals surface area contributed by atoms with Gasteiger partial charge in [-0.05, 0) is 18.8 Å². The highest BCUT2D eigenvalue weighted by Crippen LogP contribution is 2.27. The van der Waals surface area contributed by atoms with E-state index in [4.69, 9.17) is 4.52 Å². The van der Waals surface area contributed by atoms with Crippen LogP contribution < -0.4 is 5.32 Å². The molecule has 1 amide bonds. The molecule has 2 saturated heterocycles. The molecule has 0 radical (unpaired) electrons. The van der Waals surface area contributed by atoms with Crippen LogP contribution in [0.3, 0.4) is 0 Å². The number of likely N-dealkylation sites (tertiary alicyclic amines) is 1. The lowest BCUT2D eigenvalue weighted by Gasteiger charge is -2.36. The molecule has 0 aromatic carbocycles. The van der Waals surface area contributed by atoms with E-state index in [1.807, 2.05) is 4.90 Å². The minimum absolute atomic E-state index is 0.0177. The van der Waals surface area contributed by atoms with Gasteiger partial charge < -0.3 is 14.7 Å². The van der Waals surface area contributed by atoms with Gasteiger partial charge in [0, 0.05) is 31.7 Å². The molecule has 2 fully saturated rings. The number of fused-ring (bicyclic) bond motifs is 1. The third-order valence-corrected chi connectivity index (χ3v) is 3.59. The summed E-state index contributed by atoms with van der Waals surface area (Å²) in [6, 6.07) is 1.97. The van der Waals surface area contributed by atoms with Crippen molar-refractivity contribution in [2.75, 3.05) is 19.6 Å². The monoisotopic (exact) mass is 221 g/mol. The summed E-state index contributed by atoms with van der Waals surface area (Å²) in [5, 5.41) is 6.94. The van der Waals surface area contributed by atoms with E-state index in [-0.39, 0.29) is 5.91 Å². The second kappa shape index (κ2) is 3.90. The van der Waals surface area contributed by atoms with E-state index in [0.29, 0.717) is 17.7 Å². The highest BCUT2D eigenvalue weighted by Gasteiger charge is 2.38. The quantitative estimate of drug-likeness (QED) is 0.750. The van der Waals surface area contributed by atoms with Gasteiger partial charge in [0.1, 0.15) is 0 Å². The average molecular weight is 221 g/mol. The van der Waals surface area contributed by atoms with E-state index < -0.39 is 0 Å². The summed E-state index contributed by atoms with van der Waals surface area (Å²) in [4.78, 5) is 14.1. The molecule has 5 nitrogen and oxygen atoms in total. The zero-order chi connectivity index (χ0) is 11.0. The van der Waals surface area contributed by atoms with E-state index in [1.54, 1.807) is 6.07 Å². The van der Waals surface area contributed by atoms with Gasteiger partial charge in [-0.25, -0.2) is 0 Å². The van der Waals surface area contributed by atoms with Crippen molar-refractivity contribution in [1.29, 1.82) is 0 Å². The molecule has 0 bridgehead atoms. The smallest absolute Gasteiger partial charge is 0.292 e. The Kier molecular flexibility index (Phi) is 2.40. The number of rotatable bonds is 1. The first-order valence-electron chi connectivity index (χ1n) is 5.78. The molecule has 2 unspecified atom stereocenters. The second-order valence-corrected chi connectivity index (χ2v) is 4.50. The summed E-state index contributed by atoms with van der Waals surface area (Å²) < 4.78 is 4.94. The molecule has 3 heterocycles. The summed E-state index contributed by atoms with van der Waals surface area (Å²) in [5.41, 5.74) is 0. The Labute approximate surface area is 93.8 Å². The van der Waals surface area contributed by atoms with Gasteiger partial charge >= 0.3 is 0 Å². The van der Waals surface area contributed by atoms with Crippen molar-refractivity contribution in [3.63, 3.8) is 0 Å². The fourth-order valence-corrected chi connectivity index (χ4v) is 2.79. The molecular weight excluding hydrogens is 206 g/mol. The van der Waals surface area contributed by atoms with Crippen LogP contribution in [-0.4, -0.2) is 41.6 Å². The number of aromatic nitrogens is 1. The molecule has 1 aromatic heterocycles. The van der Waals surface area contributed by atoms with E-state index in [2.05, 4.69) is 10.5 Å². The van der Waals surface area contributed by atoms with Crippen LogP contribution >= 0.6 is 0 Å². The molecule has 0 aliphatic carbocycles. The van der Waals surface area contributed by atoms with Gasteiger partial charge in [0.25, 0.3) is 5.91 Å². The molecule has 0 saturated carbocycles. The Morgan fingerprint density at radius 3 is 3.31 bits per heavy atom. The fraction of sp³-hybridized carbons (Fsp3) is 0.636. The maximum absolute atomic E-state index is 12.2. The molecule has 5 heteroatoms. The van der Waals surface area contributed by atoms with E-state index in [0.717, 1.165) is 26.1 Å². The first-order chi connectivity index (χ1) is 7.86. The summed E-state index contributed by atoms with van der Waals surface area (Å²) in [7, 11) is 0. The zero-order valence-corrected chi connectivity index (χ0v) is 9.06. The van der Waals surface area contributed by atoms with Crippen molar-refractivity contribution in [3.05, 3.63) is 18.0 Å². The van der Waals surface area contributed by atoms with Crippen molar-refractivity contribution >= 4 is 5.91 Å². The molecule has 0 spiro atoms. The third kappa shape index (κ3) is 1.51. The average Bonchev–Trinajstić information content (AvgIpc) is 2.98. The lowest BCUT2D eigenvalue weighted by Crippen LogP contribution is -2.48. The molecule has 3 rings (SSSR count). The van der Waals surface area contributed by atoms with Crippen LogP contribution in [0.4, 0.5) is 0 Å². The normalized spacial score (nSPS) is 29.1. The van der Waals surface area contributed by atoms with Crippen molar-refractivity contribution in [3.8, 4) is 0 Å². The Bertz CT molecular complexity index is 377. The fourth-order valence-electron chi connectivity index (χ4n) is 2.79. The lowest BCUT2D eigenvalue weighted by molar-refractivity contribution is 0.0533. The summed E-state index contributed by atoms with van der Waals surface area (Å²) in [6.07, 6.45) is 3.82. The number of hydrogen-bond acceptors (Lipinski definition) is 4. The van der Waals surface area contributed by atoms with Crippen LogP contribution in [0, 0.1) is 5.92 Å². The van der Waals surface area contributed by atoms with E-state index in [9.17, 15) is 4.79 Å². The minimum Gasteiger partial charge on any atom is -0.351 e. The molecule has 2 aliphatic heterocycles. The first kappa shape index (κ1) is 9.84. The third-order valence-electron chi connectivity index (χ3n) is 3.59. The van der Waals surface area contributed by atoms with Crippen molar-refractivity contribution in [2.24, 2.45) is 5.92 Å². The Morgan fingerprint density at radius 1 is 1.56 bits per heavy atom. The van der Waals surface area contributed by atoms with E-state index >= 15 is 0 Å². The summed E-state index contributed by atoms with van der Waals surface area (Å²) >= 11 is 0. The summed E-state index contributed by atoms with van der Waals surface area (Å²) in [6.45, 7) is 2.78. The van der Waals surface area contributed by atoms with Crippen LogP contribution in [0.2, 0.25) is 0 Å². The SMILES string of the molecule is O=C(c1ccno1)N1CCCC2CNCC21. The van der Waals surface area contributed by atoms with Crippen LogP contribution in [0.15, 0.2) is 16.8 Å². The predicted molar refractivity (Wildman–Crippen MR) is 56.9 cm³/mol. The zero-order valence-electron chi connectivity index (χ0n) is 9.06. The van der Waals surface area contributed by atoms with Gasteiger partial charge in [0.2, 0.25) is 5.76 Å². The van der Waals surface area contributed by atoms with Crippen LogP contribution in [0.1, 0.15) is 23.4 Å². The summed E-state index contributed by atoms with van der Waals surface area (Å²) in [5.74, 6) is 0.948. The van der Waals surface area contributed by atoms with Crippen molar-refractivity contribution in [1.82, 2.24) is 15.4 Å². The second-order valence-electron chi connectivity index (χ2n) is 4.50. The Morgan fingerprint density at radius 2 is 2.50 bits per heavy atom. The van der Waals surface area contributed by atoms with Gasteiger partial charge in [0.05, 0.1) is 6.20 Å². The molecule has 1 N–H and O–H groups in total. The Balaban J connectivity index is 1.80. The number of amides is 1. The highest BCUT2D eigenvalue weighted by molar-refractivity contribution is 5.91. The molecule has 86 valence electrons. The maximum Gasteiger partial charge on any atom is 0.292 e. The standard InChI is InChI=1S/C11H15N3O2/c15-11(10-3-4-13-16-10)14-5-1-2-8-6-12-7-9(8)14/h3-4,8-9,12H,1-2,5-7H2. The molecule has 1 aromatic rings. The first-order valence-corrected chi connectivity index (χ1v) is 5.78. The molecule has 2 aliphatic rings. The van der Waals surface area contributed by atoms with Crippen molar-refractivity contribution in [2.45, 2.75) is 18.9 Å². The van der Waals surface area contributed by atoms with Gasteiger partial charge in [-0.15, -0.1) is 0 Å². The molecular formula is C11H15N3O2. The molecule has 2 atom stereocenters. The topological polar surface area (TPSA) is 58.4 Å². The van der Waals surface area contributed by atoms with Crippen LogP contribution in [0.5, 0.6) is 0 Å². The van der Waals surface area contributed by atoms with Crippen LogP contribution in [0.25, 0.3) is 0 Å². The number of hydrogen-bond donors (Lipinski definition) is 1. The van der Waals surface area contributed by atoms with Crippen LogP contribution in [-0.2, 0) is 0 Å². The van der Waals surface area contributed by atoms with Gasteiger partial charge in [-0.2, -0.15) is 0 Å². The largest absolute Gasteiger partial charge is 0.351 e. The van der Waals surface area contributed by atoms with Gasteiger partial charge in [0.15, 0.2) is 0 Å². The van der Waals surface area contributed by atoms with Crippen molar-refractivity contribution < 1.29 is 9.32 Å². The minimum atomic E-state index is -0.0177. The molecule has 16 heavy (non-hydrogen) atoms. The number of carbonyl (C=O) groups excluding carboxylic acids is 1. The van der Waals surface area contributed by atoms with E-state index in [1.165, 1.54) is 12.6 Å². The highest BCUT2D eigenvalue weighted by atomic mass is 16.5. The predicted octanol–water partition coefficient (Wildman–Crippen LogP) is 0.499. The number of piperidine rings is 1. The van der Waals surface area contributed by atoms with Gasteiger partial charge in [-0.3, -0.25) is 4.79 Å². The number of nitrogens with one attached hydrogen (secondary N) is 1. The van der Waals surface area contributed by atoms with Gasteiger partial charge in [-0.1, -0.05) is 5.16 Å². The maximum atomic E-state index is 12.2. The Hall–Kier alpha value is -1.36.